The number of nitrogens with one attached hydrogen (secondary N) is 2. The fraction of sp³-hybridized carbons (Fsp3) is 0.474. The van der Waals surface area contributed by atoms with Crippen molar-refractivity contribution in [1.82, 2.24) is 25.0 Å². The quantitative estimate of drug-likeness (QED) is 0.715. The number of nitrogens with zero attached hydrogens (tertiary/aromatic N) is 3. The molecule has 0 saturated carbocycles. The summed E-state index contributed by atoms with van der Waals surface area (Å²) >= 11 is 5.20. The number of likely N-dealkylation sites (tertiary alicyclic amines) is 1. The lowest BCUT2D eigenvalue weighted by Gasteiger charge is -2.15. The summed E-state index contributed by atoms with van der Waals surface area (Å²) in [6.07, 6.45) is 3.83. The van der Waals surface area contributed by atoms with Crippen molar-refractivity contribution >= 4 is 24.0 Å². The van der Waals surface area contributed by atoms with Crippen LogP contribution in [0.4, 0.5) is 0 Å². The zero-order valence-corrected chi connectivity index (χ0v) is 16.3. The van der Waals surface area contributed by atoms with Gasteiger partial charge in [-0.25, -0.2) is 0 Å². The first-order valence-electron chi connectivity index (χ1n) is 9.37. The zero-order valence-electron chi connectivity index (χ0n) is 15.5. The average molecular weight is 388 g/mol. The molecule has 0 aliphatic carbocycles. The second-order valence-electron chi connectivity index (χ2n) is 6.76. The van der Waals surface area contributed by atoms with Gasteiger partial charge in [0, 0.05) is 31.6 Å². The Morgan fingerprint density at radius 3 is 2.81 bits per heavy atom. The van der Waals surface area contributed by atoms with E-state index < -0.39 is 0 Å². The molecule has 1 aliphatic rings. The number of benzene rings is 1. The molecular weight excluding hydrogens is 362 g/mol. The highest BCUT2D eigenvalue weighted by Gasteiger charge is 2.19. The highest BCUT2D eigenvalue weighted by atomic mass is 32.1. The number of carbonyl (C=O) groups excluding carboxylic acids is 2. The van der Waals surface area contributed by atoms with E-state index in [1.165, 1.54) is 0 Å². The van der Waals surface area contributed by atoms with Crippen molar-refractivity contribution in [3.05, 3.63) is 46.0 Å². The van der Waals surface area contributed by atoms with E-state index in [9.17, 15) is 9.59 Å². The number of hydrogen-bond donors (Lipinski definition) is 2. The van der Waals surface area contributed by atoms with Crippen LogP contribution in [0.1, 0.15) is 47.9 Å². The van der Waals surface area contributed by atoms with Crippen LogP contribution in [0.2, 0.25) is 0 Å². The minimum atomic E-state index is -0.138. The van der Waals surface area contributed by atoms with Gasteiger partial charge in [0.25, 0.3) is 5.91 Å². The van der Waals surface area contributed by atoms with E-state index in [1.54, 1.807) is 4.57 Å². The normalized spacial score (nSPS) is 13.7. The van der Waals surface area contributed by atoms with Crippen molar-refractivity contribution < 1.29 is 9.59 Å². The number of aryl methyl sites for hydroxylation is 1. The Labute approximate surface area is 163 Å². The van der Waals surface area contributed by atoms with Gasteiger partial charge in [0.15, 0.2) is 4.77 Å². The molecule has 144 valence electrons. The maximum atomic E-state index is 12.5. The smallest absolute Gasteiger partial charge is 0.253 e. The molecule has 0 spiro atoms. The molecule has 0 atom stereocenters. The molecule has 3 rings (SSSR count). The number of rotatable bonds is 7. The minimum absolute atomic E-state index is 0.0644. The van der Waals surface area contributed by atoms with Crippen LogP contribution in [0.3, 0.4) is 0 Å². The van der Waals surface area contributed by atoms with E-state index in [4.69, 9.17) is 12.2 Å². The number of amides is 2. The molecule has 0 unspecified atom stereocenters. The summed E-state index contributed by atoms with van der Waals surface area (Å²) in [5, 5.41) is 9.81. The number of aromatic nitrogens is 3. The number of H-pyrrole nitrogens is 1. The van der Waals surface area contributed by atoms with E-state index >= 15 is 0 Å². The van der Waals surface area contributed by atoms with Gasteiger partial charge in [0.2, 0.25) is 5.91 Å². The maximum Gasteiger partial charge on any atom is 0.253 e. The van der Waals surface area contributed by atoms with Crippen molar-refractivity contribution in [3.63, 3.8) is 0 Å². The molecule has 2 heterocycles. The molecule has 1 aromatic carbocycles. The lowest BCUT2D eigenvalue weighted by molar-refractivity contribution is -0.121. The highest BCUT2D eigenvalue weighted by molar-refractivity contribution is 7.71. The van der Waals surface area contributed by atoms with Crippen LogP contribution in [0.25, 0.3) is 0 Å². The minimum Gasteiger partial charge on any atom is -0.350 e. The molecule has 8 heteroatoms. The molecule has 2 aromatic rings. The van der Waals surface area contributed by atoms with E-state index in [1.807, 2.05) is 29.2 Å². The van der Waals surface area contributed by atoms with E-state index in [0.717, 1.165) is 50.2 Å². The van der Waals surface area contributed by atoms with E-state index in [-0.39, 0.29) is 18.4 Å². The highest BCUT2D eigenvalue weighted by Crippen LogP contribution is 2.14. The van der Waals surface area contributed by atoms with Crippen molar-refractivity contribution in [2.75, 3.05) is 13.1 Å². The third-order valence-corrected chi connectivity index (χ3v) is 4.98. The van der Waals surface area contributed by atoms with E-state index in [0.29, 0.717) is 16.9 Å². The Bertz CT molecular complexity index is 867. The summed E-state index contributed by atoms with van der Waals surface area (Å²) in [6, 6.07) is 7.45. The van der Waals surface area contributed by atoms with Gasteiger partial charge in [0.05, 0.1) is 0 Å². The second-order valence-corrected chi connectivity index (χ2v) is 7.14. The first-order chi connectivity index (χ1) is 13.1. The summed E-state index contributed by atoms with van der Waals surface area (Å²) in [6.45, 7) is 4.21. The maximum absolute atomic E-state index is 12.5. The Morgan fingerprint density at radius 2 is 2.07 bits per heavy atom. The van der Waals surface area contributed by atoms with E-state index in [2.05, 4.69) is 22.4 Å². The van der Waals surface area contributed by atoms with Gasteiger partial charge >= 0.3 is 0 Å². The summed E-state index contributed by atoms with van der Waals surface area (Å²) in [5.41, 5.74) is 1.57. The lowest BCUT2D eigenvalue weighted by atomic mass is 10.1. The molecule has 2 amide bonds. The number of carbonyl (C=O) groups is 2. The van der Waals surface area contributed by atoms with Crippen LogP contribution in [-0.4, -0.2) is 44.6 Å². The Hall–Kier alpha value is -2.48. The van der Waals surface area contributed by atoms with Gasteiger partial charge in [-0.2, -0.15) is 5.10 Å². The molecule has 27 heavy (non-hydrogen) atoms. The summed E-state index contributed by atoms with van der Waals surface area (Å²) in [5.74, 6) is 0.714. The third kappa shape index (κ3) is 4.82. The predicted molar refractivity (Wildman–Crippen MR) is 105 cm³/mol. The van der Waals surface area contributed by atoms with Crippen molar-refractivity contribution in [2.24, 2.45) is 0 Å². The van der Waals surface area contributed by atoms with Crippen molar-refractivity contribution in [3.8, 4) is 0 Å². The Balaban J connectivity index is 1.59. The average Bonchev–Trinajstić information content (AvgIpc) is 3.32. The first-order valence-corrected chi connectivity index (χ1v) is 9.78. The van der Waals surface area contributed by atoms with Crippen LogP contribution in [-0.2, 0) is 24.3 Å². The zero-order chi connectivity index (χ0) is 19.2. The molecule has 0 bridgehead atoms. The van der Waals surface area contributed by atoms with Crippen LogP contribution in [0.5, 0.6) is 0 Å². The second kappa shape index (κ2) is 8.94. The summed E-state index contributed by atoms with van der Waals surface area (Å²) < 4.78 is 2.17. The van der Waals surface area contributed by atoms with Gasteiger partial charge in [-0.3, -0.25) is 19.3 Å². The van der Waals surface area contributed by atoms with Gasteiger partial charge in [-0.1, -0.05) is 19.1 Å². The molecule has 7 nitrogen and oxygen atoms in total. The lowest BCUT2D eigenvalue weighted by Crippen LogP contribution is -2.29. The van der Waals surface area contributed by atoms with Gasteiger partial charge in [-0.15, -0.1) is 0 Å². The van der Waals surface area contributed by atoms with Crippen LogP contribution < -0.4 is 5.32 Å². The molecule has 2 N–H and O–H groups in total. The first kappa shape index (κ1) is 19.3. The number of aromatic amines is 1. The van der Waals surface area contributed by atoms with Gasteiger partial charge < -0.3 is 10.2 Å². The SMILES string of the molecule is CCCc1n[nH]c(=S)n1CC(=O)NCc1cccc(C(=O)N2CCCC2)c1. The largest absolute Gasteiger partial charge is 0.350 e. The van der Waals surface area contributed by atoms with Crippen molar-refractivity contribution in [2.45, 2.75) is 45.7 Å². The topological polar surface area (TPSA) is 83.0 Å². The van der Waals surface area contributed by atoms with Crippen LogP contribution in [0.15, 0.2) is 24.3 Å². The summed E-state index contributed by atoms with van der Waals surface area (Å²) in [4.78, 5) is 26.7. The third-order valence-electron chi connectivity index (χ3n) is 4.67. The standard InChI is InChI=1S/C19H25N5O2S/c1-2-6-16-21-22-19(27)24(16)13-17(25)20-12-14-7-5-8-15(11-14)18(26)23-9-3-4-10-23/h5,7-8,11H,2-4,6,9-10,12-13H2,1H3,(H,20,25)(H,22,27). The Kier molecular flexibility index (Phi) is 6.39. The van der Waals surface area contributed by atoms with Crippen LogP contribution in [0, 0.1) is 4.77 Å². The predicted octanol–water partition coefficient (Wildman–Crippen LogP) is 2.45. The molecule has 1 aromatic heterocycles. The molecule has 0 radical (unpaired) electrons. The molecular formula is C19H25N5O2S. The molecule has 1 saturated heterocycles. The van der Waals surface area contributed by atoms with Crippen molar-refractivity contribution in [1.29, 1.82) is 0 Å². The number of hydrogen-bond acceptors (Lipinski definition) is 4. The van der Waals surface area contributed by atoms with Gasteiger partial charge in [-0.05, 0) is 49.2 Å². The Morgan fingerprint density at radius 1 is 1.30 bits per heavy atom. The fourth-order valence-electron chi connectivity index (χ4n) is 3.25. The molecule has 1 aliphatic heterocycles. The summed E-state index contributed by atoms with van der Waals surface area (Å²) in [7, 11) is 0. The fourth-order valence-corrected chi connectivity index (χ4v) is 3.46. The van der Waals surface area contributed by atoms with Crippen LogP contribution >= 0.6 is 12.2 Å². The molecule has 1 fully saturated rings. The monoisotopic (exact) mass is 387 g/mol. The van der Waals surface area contributed by atoms with Gasteiger partial charge in [0.1, 0.15) is 12.4 Å².